The number of rotatable bonds is 3. The molecule has 1 unspecified atom stereocenters. The van der Waals surface area contributed by atoms with E-state index in [1.807, 2.05) is 49.4 Å². The molecular formula is C16H17ClN2O. The third kappa shape index (κ3) is 2.84. The van der Waals surface area contributed by atoms with Gasteiger partial charge in [-0.25, -0.2) is 0 Å². The molecule has 2 aromatic carbocycles. The summed E-state index contributed by atoms with van der Waals surface area (Å²) < 4.78 is 0. The molecule has 0 bridgehead atoms. The van der Waals surface area contributed by atoms with E-state index in [2.05, 4.69) is 5.32 Å². The van der Waals surface area contributed by atoms with Gasteiger partial charge in [0.1, 0.15) is 5.54 Å². The molecule has 1 atom stereocenters. The minimum Gasteiger partial charge on any atom is -0.323 e. The Kier molecular flexibility index (Phi) is 4.12. The van der Waals surface area contributed by atoms with Gasteiger partial charge in [-0.2, -0.15) is 0 Å². The van der Waals surface area contributed by atoms with Gasteiger partial charge >= 0.3 is 0 Å². The van der Waals surface area contributed by atoms with Gasteiger partial charge in [-0.1, -0.05) is 54.1 Å². The molecule has 0 aromatic heterocycles. The summed E-state index contributed by atoms with van der Waals surface area (Å²) in [7, 11) is 0. The lowest BCUT2D eigenvalue weighted by Gasteiger charge is -2.25. The molecule has 0 aliphatic heterocycles. The maximum absolute atomic E-state index is 12.4. The SMILES string of the molecule is Cc1cccc(Cl)c1NC(=O)C(C)(N)c1ccccc1. The van der Waals surface area contributed by atoms with Gasteiger partial charge in [-0.3, -0.25) is 4.79 Å². The smallest absolute Gasteiger partial charge is 0.248 e. The zero-order valence-corrected chi connectivity index (χ0v) is 12.2. The number of para-hydroxylation sites is 1. The molecule has 20 heavy (non-hydrogen) atoms. The molecule has 0 radical (unpaired) electrons. The third-order valence-electron chi connectivity index (χ3n) is 3.31. The maximum atomic E-state index is 12.4. The Morgan fingerprint density at radius 2 is 1.80 bits per heavy atom. The second-order valence-electron chi connectivity index (χ2n) is 4.95. The molecule has 0 heterocycles. The van der Waals surface area contributed by atoms with Crippen molar-refractivity contribution in [2.45, 2.75) is 19.4 Å². The third-order valence-corrected chi connectivity index (χ3v) is 3.62. The van der Waals surface area contributed by atoms with E-state index in [0.717, 1.165) is 11.1 Å². The molecule has 0 saturated carbocycles. The van der Waals surface area contributed by atoms with Crippen LogP contribution in [0.2, 0.25) is 5.02 Å². The molecule has 0 aliphatic rings. The van der Waals surface area contributed by atoms with E-state index in [0.29, 0.717) is 10.7 Å². The number of amides is 1. The van der Waals surface area contributed by atoms with E-state index in [1.54, 1.807) is 13.0 Å². The summed E-state index contributed by atoms with van der Waals surface area (Å²) in [5.41, 5.74) is 7.31. The van der Waals surface area contributed by atoms with Crippen LogP contribution >= 0.6 is 11.6 Å². The summed E-state index contributed by atoms with van der Waals surface area (Å²) in [4.78, 5) is 12.4. The second-order valence-corrected chi connectivity index (χ2v) is 5.36. The number of hydrogen-bond acceptors (Lipinski definition) is 2. The van der Waals surface area contributed by atoms with Crippen LogP contribution in [0, 0.1) is 6.92 Å². The molecule has 3 nitrogen and oxygen atoms in total. The van der Waals surface area contributed by atoms with Crippen LogP contribution in [-0.2, 0) is 10.3 Å². The summed E-state index contributed by atoms with van der Waals surface area (Å²) in [6.45, 7) is 3.57. The highest BCUT2D eigenvalue weighted by Crippen LogP contribution is 2.27. The first-order chi connectivity index (χ1) is 9.43. The predicted molar refractivity (Wildman–Crippen MR) is 82.8 cm³/mol. The van der Waals surface area contributed by atoms with Crippen LogP contribution in [-0.4, -0.2) is 5.91 Å². The predicted octanol–water partition coefficient (Wildman–Crippen LogP) is 3.46. The van der Waals surface area contributed by atoms with Crippen LogP contribution in [0.15, 0.2) is 48.5 Å². The van der Waals surface area contributed by atoms with Gasteiger partial charge in [0, 0.05) is 0 Å². The van der Waals surface area contributed by atoms with Crippen molar-refractivity contribution < 1.29 is 4.79 Å². The topological polar surface area (TPSA) is 55.1 Å². The number of nitrogens with one attached hydrogen (secondary N) is 1. The first-order valence-electron chi connectivity index (χ1n) is 6.34. The van der Waals surface area contributed by atoms with Gasteiger partial charge in [0.25, 0.3) is 0 Å². The Labute approximate surface area is 123 Å². The summed E-state index contributed by atoms with van der Waals surface area (Å²) in [6.07, 6.45) is 0. The molecule has 0 saturated heterocycles. The zero-order chi connectivity index (χ0) is 14.8. The van der Waals surface area contributed by atoms with Crippen molar-refractivity contribution in [3.05, 3.63) is 64.7 Å². The molecule has 0 aliphatic carbocycles. The van der Waals surface area contributed by atoms with Crippen LogP contribution in [0.5, 0.6) is 0 Å². The van der Waals surface area contributed by atoms with Gasteiger partial charge in [0.2, 0.25) is 5.91 Å². The Morgan fingerprint density at radius 3 is 2.40 bits per heavy atom. The maximum Gasteiger partial charge on any atom is 0.248 e. The van der Waals surface area contributed by atoms with E-state index < -0.39 is 5.54 Å². The summed E-state index contributed by atoms with van der Waals surface area (Å²) in [5, 5.41) is 3.32. The highest BCUT2D eigenvalue weighted by molar-refractivity contribution is 6.34. The fourth-order valence-electron chi connectivity index (χ4n) is 1.95. The van der Waals surface area contributed by atoms with E-state index >= 15 is 0 Å². The van der Waals surface area contributed by atoms with E-state index in [1.165, 1.54) is 0 Å². The lowest BCUT2D eigenvalue weighted by molar-refractivity contribution is -0.120. The fraction of sp³-hybridized carbons (Fsp3) is 0.188. The highest BCUT2D eigenvalue weighted by Gasteiger charge is 2.30. The largest absolute Gasteiger partial charge is 0.323 e. The number of aryl methyl sites for hydroxylation is 1. The van der Waals surface area contributed by atoms with Gasteiger partial charge in [0.05, 0.1) is 10.7 Å². The Bertz CT molecular complexity index is 603. The van der Waals surface area contributed by atoms with Crippen molar-refractivity contribution in [1.82, 2.24) is 0 Å². The van der Waals surface area contributed by atoms with Crippen molar-refractivity contribution in [3.63, 3.8) is 0 Å². The summed E-state index contributed by atoms with van der Waals surface area (Å²) in [5.74, 6) is -0.292. The Morgan fingerprint density at radius 1 is 1.15 bits per heavy atom. The summed E-state index contributed by atoms with van der Waals surface area (Å²) in [6, 6.07) is 14.7. The van der Waals surface area contributed by atoms with Gasteiger partial charge in [-0.05, 0) is 31.0 Å². The van der Waals surface area contributed by atoms with E-state index in [-0.39, 0.29) is 5.91 Å². The number of anilines is 1. The van der Waals surface area contributed by atoms with Crippen LogP contribution in [0.4, 0.5) is 5.69 Å². The molecule has 2 aromatic rings. The lowest BCUT2D eigenvalue weighted by Crippen LogP contribution is -2.45. The van der Waals surface area contributed by atoms with Crippen molar-refractivity contribution in [1.29, 1.82) is 0 Å². The second kappa shape index (κ2) is 5.65. The zero-order valence-electron chi connectivity index (χ0n) is 11.5. The van der Waals surface area contributed by atoms with Crippen molar-refractivity contribution in [2.75, 3.05) is 5.32 Å². The normalized spacial score (nSPS) is 13.6. The number of benzene rings is 2. The molecule has 1 amide bonds. The van der Waals surface area contributed by atoms with Gasteiger partial charge < -0.3 is 11.1 Å². The van der Waals surface area contributed by atoms with Crippen molar-refractivity contribution in [3.8, 4) is 0 Å². The molecule has 2 rings (SSSR count). The van der Waals surface area contributed by atoms with Gasteiger partial charge in [0.15, 0.2) is 0 Å². The average molecular weight is 289 g/mol. The average Bonchev–Trinajstić information content (AvgIpc) is 2.43. The fourth-order valence-corrected chi connectivity index (χ4v) is 2.22. The van der Waals surface area contributed by atoms with Crippen LogP contribution in [0.3, 0.4) is 0 Å². The Hall–Kier alpha value is -1.84. The van der Waals surface area contributed by atoms with Crippen LogP contribution in [0.1, 0.15) is 18.1 Å². The lowest BCUT2D eigenvalue weighted by atomic mass is 9.92. The number of carbonyl (C=O) groups is 1. The standard InChI is InChI=1S/C16H17ClN2O/c1-11-7-6-10-13(17)14(11)19-15(20)16(2,18)12-8-4-3-5-9-12/h3-10H,18H2,1-2H3,(H,19,20). The van der Waals surface area contributed by atoms with E-state index in [4.69, 9.17) is 17.3 Å². The van der Waals surface area contributed by atoms with E-state index in [9.17, 15) is 4.79 Å². The van der Waals surface area contributed by atoms with Crippen LogP contribution in [0.25, 0.3) is 0 Å². The number of carbonyl (C=O) groups excluding carboxylic acids is 1. The summed E-state index contributed by atoms with van der Waals surface area (Å²) >= 11 is 6.11. The number of nitrogens with two attached hydrogens (primary N) is 1. The molecular weight excluding hydrogens is 272 g/mol. The number of halogens is 1. The Balaban J connectivity index is 2.28. The van der Waals surface area contributed by atoms with Crippen molar-refractivity contribution in [2.24, 2.45) is 5.73 Å². The molecule has 3 N–H and O–H groups in total. The monoisotopic (exact) mass is 288 g/mol. The van der Waals surface area contributed by atoms with Crippen molar-refractivity contribution >= 4 is 23.2 Å². The molecule has 0 spiro atoms. The molecule has 4 heteroatoms. The quantitative estimate of drug-likeness (QED) is 0.909. The molecule has 104 valence electrons. The van der Waals surface area contributed by atoms with Gasteiger partial charge in [-0.15, -0.1) is 0 Å². The first-order valence-corrected chi connectivity index (χ1v) is 6.71. The minimum absolute atomic E-state index is 0.292. The molecule has 0 fully saturated rings. The first kappa shape index (κ1) is 14.6. The minimum atomic E-state index is -1.12. The van der Waals surface area contributed by atoms with Crippen LogP contribution < -0.4 is 11.1 Å². The number of hydrogen-bond donors (Lipinski definition) is 2. The highest BCUT2D eigenvalue weighted by atomic mass is 35.5.